The first-order valence-electron chi connectivity index (χ1n) is 7.42. The first kappa shape index (κ1) is 19.3. The molecule has 1 aromatic heterocycles. The second kappa shape index (κ2) is 7.07. The van der Waals surface area contributed by atoms with E-state index in [2.05, 4.69) is 14.7 Å². The molecule has 0 aliphatic rings. The van der Waals surface area contributed by atoms with Gasteiger partial charge in [0.25, 0.3) is 5.91 Å². The number of nitrogens with zero attached hydrogens (tertiary/aromatic N) is 2. The van der Waals surface area contributed by atoms with E-state index in [0.717, 1.165) is 0 Å². The van der Waals surface area contributed by atoms with Crippen molar-refractivity contribution in [1.82, 2.24) is 14.7 Å². The molecule has 0 unspecified atom stereocenters. The Hall–Kier alpha value is -2.03. The number of nitrogens with two attached hydrogens (primary N) is 1. The van der Waals surface area contributed by atoms with Crippen LogP contribution in [0.25, 0.3) is 0 Å². The molecule has 2 rings (SSSR count). The first-order valence-corrected chi connectivity index (χ1v) is 9.28. The summed E-state index contributed by atoms with van der Waals surface area (Å²) in [5.74, 6) is -0.676. The molecule has 0 fully saturated rings. The highest BCUT2D eigenvalue weighted by Crippen LogP contribution is 2.18. The number of rotatable bonds is 5. The van der Waals surface area contributed by atoms with Crippen LogP contribution in [0.1, 0.15) is 42.4 Å². The molecule has 0 saturated carbocycles. The van der Waals surface area contributed by atoms with Gasteiger partial charge in [-0.15, -0.1) is 0 Å². The van der Waals surface area contributed by atoms with E-state index in [-0.39, 0.29) is 22.2 Å². The highest BCUT2D eigenvalue weighted by molar-refractivity contribution is 7.89. The molecule has 134 valence electrons. The summed E-state index contributed by atoms with van der Waals surface area (Å²) in [6.45, 7) is 5.28. The second-order valence-corrected chi connectivity index (χ2v) is 8.56. The molecule has 3 N–H and O–H groups in total. The third kappa shape index (κ3) is 5.22. The molecule has 7 nitrogen and oxygen atoms in total. The van der Waals surface area contributed by atoms with Crippen LogP contribution in [0, 0.1) is 0 Å². The van der Waals surface area contributed by atoms with E-state index in [1.807, 2.05) is 0 Å². The van der Waals surface area contributed by atoms with Crippen molar-refractivity contribution in [3.05, 3.63) is 52.6 Å². The van der Waals surface area contributed by atoms with Gasteiger partial charge in [-0.05, 0) is 50.1 Å². The van der Waals surface area contributed by atoms with Gasteiger partial charge in [0.2, 0.25) is 15.3 Å². The van der Waals surface area contributed by atoms with Gasteiger partial charge < -0.3 is 5.73 Å². The Morgan fingerprint density at radius 2 is 2.00 bits per heavy atom. The molecule has 9 heteroatoms. The fraction of sp³-hybridized carbons (Fsp3) is 0.312. The zero-order valence-corrected chi connectivity index (χ0v) is 15.6. The van der Waals surface area contributed by atoms with E-state index in [0.29, 0.717) is 11.3 Å². The maximum absolute atomic E-state index is 12.4. The number of nitrogens with one attached hydrogen (secondary N) is 1. The topological polar surface area (TPSA) is 115 Å². The molecule has 0 aliphatic heterocycles. The Kier molecular flexibility index (Phi) is 5.46. The van der Waals surface area contributed by atoms with Crippen LogP contribution >= 0.6 is 11.6 Å². The Labute approximate surface area is 151 Å². The Bertz CT molecular complexity index is 908. The number of hydrogen-bond donors (Lipinski definition) is 2. The van der Waals surface area contributed by atoms with Crippen LogP contribution in [0.2, 0.25) is 5.28 Å². The number of carbonyl (C=O) groups is 1. The molecular weight excluding hydrogens is 364 g/mol. The van der Waals surface area contributed by atoms with Gasteiger partial charge in [0.15, 0.2) is 0 Å². The van der Waals surface area contributed by atoms with Crippen molar-refractivity contribution in [1.29, 1.82) is 0 Å². The zero-order chi connectivity index (χ0) is 18.8. The molecule has 1 aromatic carbocycles. The molecular formula is C16H19ClN4O3S. The molecule has 2 aromatic rings. The lowest BCUT2D eigenvalue weighted by Crippen LogP contribution is -2.40. The average Bonchev–Trinajstić information content (AvgIpc) is 2.44. The molecule has 25 heavy (non-hydrogen) atoms. The third-order valence-electron chi connectivity index (χ3n) is 3.12. The summed E-state index contributed by atoms with van der Waals surface area (Å²) in [5.41, 5.74) is 5.85. The number of sulfonamides is 1. The Morgan fingerprint density at radius 3 is 2.60 bits per heavy atom. The van der Waals surface area contributed by atoms with Crippen molar-refractivity contribution in [2.75, 3.05) is 0 Å². The summed E-state index contributed by atoms with van der Waals surface area (Å²) in [7, 11) is -3.67. The maximum Gasteiger partial charge on any atom is 0.252 e. The fourth-order valence-corrected chi connectivity index (χ4v) is 3.85. The lowest BCUT2D eigenvalue weighted by Gasteiger charge is -2.20. The van der Waals surface area contributed by atoms with E-state index in [9.17, 15) is 13.2 Å². The van der Waals surface area contributed by atoms with Gasteiger partial charge in [-0.2, -0.15) is 0 Å². The minimum Gasteiger partial charge on any atom is -0.365 e. The normalized spacial score (nSPS) is 12.2. The molecule has 0 atom stereocenters. The summed E-state index contributed by atoms with van der Waals surface area (Å²) >= 11 is 5.78. The molecule has 0 aliphatic carbocycles. The minimum atomic E-state index is -3.67. The molecule has 1 heterocycles. The van der Waals surface area contributed by atoms with Gasteiger partial charge in [0, 0.05) is 18.2 Å². The van der Waals surface area contributed by atoms with Crippen LogP contribution in [0.15, 0.2) is 35.4 Å². The van der Waals surface area contributed by atoms with Gasteiger partial charge in [-0.1, -0.05) is 12.1 Å². The molecule has 1 amide bonds. The number of carbonyl (C=O) groups excluding carboxylic acids is 1. The minimum absolute atomic E-state index is 0.0156. The van der Waals surface area contributed by atoms with Crippen LogP contribution < -0.4 is 10.5 Å². The first-order chi connectivity index (χ1) is 11.5. The van der Waals surface area contributed by atoms with Crippen molar-refractivity contribution in [3.63, 3.8) is 0 Å². The van der Waals surface area contributed by atoms with Crippen molar-refractivity contribution in [2.24, 2.45) is 5.73 Å². The van der Waals surface area contributed by atoms with Crippen LogP contribution in [0.4, 0.5) is 0 Å². The quantitative estimate of drug-likeness (QED) is 0.766. The monoisotopic (exact) mass is 382 g/mol. The van der Waals surface area contributed by atoms with Gasteiger partial charge >= 0.3 is 0 Å². The molecule has 0 saturated heterocycles. The SMILES string of the molecule is CC(C)(C)NS(=O)(=O)c1cccc(Cc2nc(Cl)ncc2C(N)=O)c1. The summed E-state index contributed by atoms with van der Waals surface area (Å²) in [6, 6.07) is 6.38. The number of primary amides is 1. The lowest BCUT2D eigenvalue weighted by molar-refractivity contribution is 0.0998. The summed E-state index contributed by atoms with van der Waals surface area (Å²) in [6.07, 6.45) is 1.45. The van der Waals surface area contributed by atoms with Crippen molar-refractivity contribution < 1.29 is 13.2 Å². The number of amides is 1. The number of benzene rings is 1. The highest BCUT2D eigenvalue weighted by Gasteiger charge is 2.22. The fourth-order valence-electron chi connectivity index (χ4n) is 2.21. The van der Waals surface area contributed by atoms with Crippen LogP contribution in [0.3, 0.4) is 0 Å². The standard InChI is InChI=1S/C16H19ClN4O3S/c1-16(2,3)21-25(23,24)11-6-4-5-10(7-11)8-13-12(14(18)22)9-19-15(17)20-13/h4-7,9,21H,8H2,1-3H3,(H2,18,22). The van der Waals surface area contributed by atoms with E-state index in [1.165, 1.54) is 18.3 Å². The lowest BCUT2D eigenvalue weighted by atomic mass is 10.1. The van der Waals surface area contributed by atoms with E-state index in [1.54, 1.807) is 32.9 Å². The predicted molar refractivity (Wildman–Crippen MR) is 94.9 cm³/mol. The van der Waals surface area contributed by atoms with Gasteiger partial charge in [0.05, 0.1) is 16.2 Å². The van der Waals surface area contributed by atoms with Crippen LogP contribution in [-0.2, 0) is 16.4 Å². The summed E-state index contributed by atoms with van der Waals surface area (Å²) < 4.78 is 27.5. The number of aromatic nitrogens is 2. The average molecular weight is 383 g/mol. The largest absolute Gasteiger partial charge is 0.365 e. The smallest absolute Gasteiger partial charge is 0.252 e. The highest BCUT2D eigenvalue weighted by atomic mass is 35.5. The number of hydrogen-bond acceptors (Lipinski definition) is 5. The van der Waals surface area contributed by atoms with Gasteiger partial charge in [-0.3, -0.25) is 4.79 Å². The van der Waals surface area contributed by atoms with Crippen LogP contribution in [0.5, 0.6) is 0 Å². The van der Waals surface area contributed by atoms with Gasteiger partial charge in [0.1, 0.15) is 0 Å². The predicted octanol–water partition coefficient (Wildman–Crippen LogP) is 1.90. The molecule has 0 radical (unpaired) electrons. The van der Waals surface area contributed by atoms with Crippen LogP contribution in [-0.4, -0.2) is 29.8 Å². The Balaban J connectivity index is 2.38. The van der Waals surface area contributed by atoms with Crippen molar-refractivity contribution in [3.8, 4) is 0 Å². The third-order valence-corrected chi connectivity index (χ3v) is 5.06. The second-order valence-electron chi connectivity index (χ2n) is 6.54. The maximum atomic E-state index is 12.4. The molecule has 0 spiro atoms. The van der Waals surface area contributed by atoms with E-state index in [4.69, 9.17) is 17.3 Å². The summed E-state index contributed by atoms with van der Waals surface area (Å²) in [5, 5.41) is -0.0156. The number of halogens is 1. The van der Waals surface area contributed by atoms with Crippen molar-refractivity contribution in [2.45, 2.75) is 37.6 Å². The van der Waals surface area contributed by atoms with E-state index < -0.39 is 21.5 Å². The molecule has 0 bridgehead atoms. The van der Waals surface area contributed by atoms with Crippen molar-refractivity contribution >= 4 is 27.5 Å². The Morgan fingerprint density at radius 1 is 1.32 bits per heavy atom. The zero-order valence-electron chi connectivity index (χ0n) is 14.1. The summed E-state index contributed by atoms with van der Waals surface area (Å²) in [4.78, 5) is 19.4. The van der Waals surface area contributed by atoms with Gasteiger partial charge in [-0.25, -0.2) is 23.1 Å². The van der Waals surface area contributed by atoms with E-state index >= 15 is 0 Å².